The summed E-state index contributed by atoms with van der Waals surface area (Å²) >= 11 is 3.05. The summed E-state index contributed by atoms with van der Waals surface area (Å²) in [5.41, 5.74) is 1.51. The van der Waals surface area contributed by atoms with Gasteiger partial charge in [0.25, 0.3) is 16.4 Å². The van der Waals surface area contributed by atoms with Crippen molar-refractivity contribution in [3.63, 3.8) is 0 Å². The van der Waals surface area contributed by atoms with Crippen molar-refractivity contribution in [1.82, 2.24) is 19.7 Å². The first kappa shape index (κ1) is 23.7. The summed E-state index contributed by atoms with van der Waals surface area (Å²) in [7, 11) is -3.93. The summed E-state index contributed by atoms with van der Waals surface area (Å²) < 4.78 is 54.7. The maximum absolute atomic E-state index is 12.9. The number of nitrogens with one attached hydrogen (secondary N) is 2. The highest BCUT2D eigenvalue weighted by Crippen LogP contribution is 2.29. The van der Waals surface area contributed by atoms with Gasteiger partial charge >= 0.3 is 0 Å². The van der Waals surface area contributed by atoms with Crippen LogP contribution in [0, 0.1) is 20.8 Å². The van der Waals surface area contributed by atoms with Crippen LogP contribution in [0.1, 0.15) is 29.2 Å². The molecule has 0 radical (unpaired) electrons. The monoisotopic (exact) mass is 528 g/mol. The predicted octanol–water partition coefficient (Wildman–Crippen LogP) is 3.74. The molecule has 2 heterocycles. The van der Waals surface area contributed by atoms with E-state index in [1.807, 2.05) is 0 Å². The molecule has 0 aliphatic heterocycles. The second-order valence-electron chi connectivity index (χ2n) is 6.90. The number of halogens is 3. The van der Waals surface area contributed by atoms with Gasteiger partial charge in [0.2, 0.25) is 11.9 Å². The molecule has 3 rings (SSSR count). The lowest BCUT2D eigenvalue weighted by atomic mass is 10.3. The largest absolute Gasteiger partial charge is 0.324 e. The zero-order valence-corrected chi connectivity index (χ0v) is 19.6. The topological polar surface area (TPSA) is 119 Å². The quantitative estimate of drug-likeness (QED) is 0.482. The molecule has 0 unspecified atom stereocenters. The van der Waals surface area contributed by atoms with E-state index >= 15 is 0 Å². The molecule has 0 fully saturated rings. The zero-order valence-electron chi connectivity index (χ0n) is 17.2. The first-order valence-electron chi connectivity index (χ1n) is 9.22. The van der Waals surface area contributed by atoms with Crippen LogP contribution in [0.25, 0.3) is 0 Å². The Labute approximate surface area is 191 Å². The molecule has 2 N–H and O–H groups in total. The standard InChI is InChI=1S/C19H19BrF2N6O3S/c1-10-8-11(2)24-19(23-10)27-32(30,31)14-6-4-13(5-7-14)25-15(29)9-28-12(3)16(20)17(26-28)18(21)22/h4-8,18H,9H2,1-3H3,(H,25,29)(H,23,24,27). The molecule has 0 bridgehead atoms. The molecule has 0 saturated heterocycles. The Kier molecular flexibility index (Phi) is 6.88. The number of rotatable bonds is 7. The van der Waals surface area contributed by atoms with Gasteiger partial charge in [-0.2, -0.15) is 5.10 Å². The molecule has 13 heteroatoms. The summed E-state index contributed by atoms with van der Waals surface area (Å²) in [5, 5.41) is 6.32. The molecule has 2 aromatic heterocycles. The number of hydrogen-bond donors (Lipinski definition) is 2. The number of alkyl halides is 2. The van der Waals surface area contributed by atoms with Crippen LogP contribution < -0.4 is 10.0 Å². The van der Waals surface area contributed by atoms with Gasteiger partial charge in [0.1, 0.15) is 12.2 Å². The second kappa shape index (κ2) is 9.28. The molecule has 3 aromatic rings. The minimum atomic E-state index is -3.93. The van der Waals surface area contributed by atoms with Gasteiger partial charge in [-0.25, -0.2) is 31.9 Å². The number of sulfonamides is 1. The average Bonchev–Trinajstić information content (AvgIpc) is 2.96. The SMILES string of the molecule is Cc1cc(C)nc(NS(=O)(=O)c2ccc(NC(=O)Cn3nc(C(F)F)c(Br)c3C)cc2)n1. The molecule has 0 saturated carbocycles. The maximum Gasteiger partial charge on any atom is 0.283 e. The number of amides is 1. The molecule has 0 aliphatic carbocycles. The van der Waals surface area contributed by atoms with Crippen molar-refractivity contribution in [3.8, 4) is 0 Å². The van der Waals surface area contributed by atoms with Gasteiger partial charge in [-0.15, -0.1) is 0 Å². The van der Waals surface area contributed by atoms with Gasteiger partial charge in [0.15, 0.2) is 0 Å². The molecular weight excluding hydrogens is 510 g/mol. The third-order valence-corrected chi connectivity index (χ3v) is 6.64. The van der Waals surface area contributed by atoms with Crippen molar-refractivity contribution in [1.29, 1.82) is 0 Å². The van der Waals surface area contributed by atoms with Gasteiger partial charge in [-0.05, 0) is 67.0 Å². The van der Waals surface area contributed by atoms with E-state index in [-0.39, 0.29) is 21.9 Å². The normalized spacial score (nSPS) is 11.6. The van der Waals surface area contributed by atoms with Crippen LogP contribution in [-0.4, -0.2) is 34.1 Å². The zero-order chi connectivity index (χ0) is 23.6. The lowest BCUT2D eigenvalue weighted by Crippen LogP contribution is -2.20. The molecule has 0 atom stereocenters. The highest BCUT2D eigenvalue weighted by Gasteiger charge is 2.21. The molecule has 1 aromatic carbocycles. The molecule has 32 heavy (non-hydrogen) atoms. The molecule has 0 spiro atoms. The van der Waals surface area contributed by atoms with Crippen molar-refractivity contribution in [2.24, 2.45) is 0 Å². The summed E-state index contributed by atoms with van der Waals surface area (Å²) in [6.07, 6.45) is -2.77. The lowest BCUT2D eigenvalue weighted by Gasteiger charge is -2.10. The number of carbonyl (C=O) groups is 1. The van der Waals surface area contributed by atoms with E-state index in [1.54, 1.807) is 26.8 Å². The fourth-order valence-corrected chi connectivity index (χ4v) is 4.25. The fraction of sp³-hybridized carbons (Fsp3) is 0.263. The number of aromatic nitrogens is 4. The summed E-state index contributed by atoms with van der Waals surface area (Å²) in [6, 6.07) is 7.15. The molecular formula is C19H19BrF2N6O3S. The van der Waals surface area contributed by atoms with Crippen LogP contribution in [0.5, 0.6) is 0 Å². The van der Waals surface area contributed by atoms with Gasteiger partial charge in [-0.1, -0.05) is 0 Å². The van der Waals surface area contributed by atoms with Crippen molar-refractivity contribution in [2.45, 2.75) is 38.6 Å². The molecule has 0 aliphatic rings. The minimum absolute atomic E-state index is 0.0381. The highest BCUT2D eigenvalue weighted by molar-refractivity contribution is 9.10. The number of nitrogens with zero attached hydrogens (tertiary/aromatic N) is 4. The number of benzene rings is 1. The average molecular weight is 529 g/mol. The van der Waals surface area contributed by atoms with Crippen LogP contribution in [-0.2, 0) is 21.4 Å². The van der Waals surface area contributed by atoms with Gasteiger partial charge in [0, 0.05) is 17.1 Å². The first-order chi connectivity index (χ1) is 15.0. The second-order valence-corrected chi connectivity index (χ2v) is 9.37. The Morgan fingerprint density at radius 3 is 2.25 bits per heavy atom. The Hall–Kier alpha value is -2.93. The Morgan fingerprint density at radius 2 is 1.72 bits per heavy atom. The summed E-state index contributed by atoms with van der Waals surface area (Å²) in [5.74, 6) is -0.551. The summed E-state index contributed by atoms with van der Waals surface area (Å²) in [6.45, 7) is 4.72. The van der Waals surface area contributed by atoms with E-state index in [0.29, 0.717) is 22.8 Å². The first-order valence-corrected chi connectivity index (χ1v) is 11.5. The summed E-state index contributed by atoms with van der Waals surface area (Å²) in [4.78, 5) is 20.3. The number of anilines is 2. The van der Waals surface area contributed by atoms with Crippen molar-refractivity contribution < 1.29 is 22.0 Å². The Bertz CT molecular complexity index is 1240. The van der Waals surface area contributed by atoms with Crippen molar-refractivity contribution >= 4 is 43.5 Å². The van der Waals surface area contributed by atoms with Crippen molar-refractivity contribution in [3.05, 3.63) is 57.6 Å². The van der Waals surface area contributed by atoms with E-state index in [0.717, 1.165) is 4.68 Å². The van der Waals surface area contributed by atoms with E-state index in [1.165, 1.54) is 24.3 Å². The van der Waals surface area contributed by atoms with Gasteiger partial charge in [0.05, 0.1) is 15.1 Å². The lowest BCUT2D eigenvalue weighted by molar-refractivity contribution is -0.117. The van der Waals surface area contributed by atoms with E-state index in [2.05, 4.69) is 41.0 Å². The third-order valence-electron chi connectivity index (χ3n) is 4.31. The van der Waals surface area contributed by atoms with Crippen LogP contribution in [0.3, 0.4) is 0 Å². The van der Waals surface area contributed by atoms with E-state index in [4.69, 9.17) is 0 Å². The fourth-order valence-electron chi connectivity index (χ4n) is 2.85. The maximum atomic E-state index is 12.9. The highest BCUT2D eigenvalue weighted by atomic mass is 79.9. The smallest absolute Gasteiger partial charge is 0.283 e. The van der Waals surface area contributed by atoms with E-state index in [9.17, 15) is 22.0 Å². The number of carbonyl (C=O) groups excluding carboxylic acids is 1. The molecule has 1 amide bonds. The Balaban J connectivity index is 1.69. The van der Waals surface area contributed by atoms with Crippen LogP contribution in [0.15, 0.2) is 39.7 Å². The van der Waals surface area contributed by atoms with Gasteiger partial charge < -0.3 is 5.32 Å². The number of aryl methyl sites for hydroxylation is 2. The van der Waals surface area contributed by atoms with Crippen molar-refractivity contribution in [2.75, 3.05) is 10.0 Å². The number of hydrogen-bond acceptors (Lipinski definition) is 6. The molecule has 170 valence electrons. The Morgan fingerprint density at radius 1 is 1.12 bits per heavy atom. The third kappa shape index (κ3) is 5.46. The molecule has 9 nitrogen and oxygen atoms in total. The van der Waals surface area contributed by atoms with Gasteiger partial charge in [-0.3, -0.25) is 9.48 Å². The van der Waals surface area contributed by atoms with Crippen LogP contribution in [0.2, 0.25) is 0 Å². The minimum Gasteiger partial charge on any atom is -0.324 e. The van der Waals surface area contributed by atoms with Crippen LogP contribution in [0.4, 0.5) is 20.4 Å². The predicted molar refractivity (Wildman–Crippen MR) is 117 cm³/mol. The van der Waals surface area contributed by atoms with E-state index < -0.39 is 28.0 Å². The van der Waals surface area contributed by atoms with Crippen LogP contribution >= 0.6 is 15.9 Å².